The van der Waals surface area contributed by atoms with E-state index in [9.17, 15) is 0 Å². The van der Waals surface area contributed by atoms with E-state index in [0.29, 0.717) is 6.04 Å². The highest BCUT2D eigenvalue weighted by atomic mass is 32.1. The highest BCUT2D eigenvalue weighted by molar-refractivity contribution is 7.15. The van der Waals surface area contributed by atoms with Crippen molar-refractivity contribution in [1.82, 2.24) is 10.3 Å². The van der Waals surface area contributed by atoms with E-state index in [-0.39, 0.29) is 0 Å². The molecule has 1 unspecified atom stereocenters. The molecule has 0 amide bonds. The second-order valence-electron chi connectivity index (χ2n) is 4.82. The summed E-state index contributed by atoms with van der Waals surface area (Å²) in [6.45, 7) is 9.74. The molecule has 2 rings (SSSR count). The van der Waals surface area contributed by atoms with Gasteiger partial charge < -0.3 is 10.2 Å². The van der Waals surface area contributed by atoms with Gasteiger partial charge in [0.15, 0.2) is 5.13 Å². The van der Waals surface area contributed by atoms with Crippen LogP contribution < -0.4 is 10.2 Å². The molecule has 3 nitrogen and oxygen atoms in total. The molecule has 0 aromatic carbocycles. The molecule has 2 heterocycles. The van der Waals surface area contributed by atoms with Gasteiger partial charge in [0.1, 0.15) is 0 Å². The molecule has 17 heavy (non-hydrogen) atoms. The third kappa shape index (κ3) is 2.99. The number of nitrogens with zero attached hydrogens (tertiary/aromatic N) is 2. The van der Waals surface area contributed by atoms with Crippen molar-refractivity contribution in [3.63, 3.8) is 0 Å². The van der Waals surface area contributed by atoms with Crippen molar-refractivity contribution < 1.29 is 0 Å². The minimum absolute atomic E-state index is 0.654. The summed E-state index contributed by atoms with van der Waals surface area (Å²) in [5.41, 5.74) is 1.20. The average Bonchev–Trinajstić information content (AvgIpc) is 2.68. The number of piperidine rings is 1. The number of thiazole rings is 1. The molecule has 0 bridgehead atoms. The number of nitrogens with one attached hydrogen (secondary N) is 1. The molecule has 0 radical (unpaired) electrons. The summed E-state index contributed by atoms with van der Waals surface area (Å²) in [6, 6.07) is 0.654. The molecule has 1 aliphatic rings. The van der Waals surface area contributed by atoms with Crippen LogP contribution in [0.15, 0.2) is 0 Å². The molecule has 0 spiro atoms. The van der Waals surface area contributed by atoms with Gasteiger partial charge in [-0.3, -0.25) is 0 Å². The van der Waals surface area contributed by atoms with Gasteiger partial charge in [0.05, 0.1) is 5.69 Å². The highest BCUT2D eigenvalue weighted by Crippen LogP contribution is 2.30. The summed E-state index contributed by atoms with van der Waals surface area (Å²) in [5.74, 6) is 0. The number of rotatable bonds is 4. The van der Waals surface area contributed by atoms with E-state index in [4.69, 9.17) is 4.98 Å². The van der Waals surface area contributed by atoms with Crippen molar-refractivity contribution in [2.75, 3.05) is 18.0 Å². The van der Waals surface area contributed by atoms with Crippen LogP contribution in [0.25, 0.3) is 0 Å². The third-order valence-corrected chi connectivity index (χ3v) is 4.66. The van der Waals surface area contributed by atoms with Gasteiger partial charge in [0, 0.05) is 24.0 Å². The lowest BCUT2D eigenvalue weighted by Gasteiger charge is -2.33. The van der Waals surface area contributed by atoms with Crippen LogP contribution >= 0.6 is 11.3 Å². The van der Waals surface area contributed by atoms with Crippen LogP contribution in [0.2, 0.25) is 0 Å². The van der Waals surface area contributed by atoms with Gasteiger partial charge in [-0.05, 0) is 39.7 Å². The van der Waals surface area contributed by atoms with Crippen molar-refractivity contribution in [1.29, 1.82) is 0 Å². The molecule has 1 saturated heterocycles. The molecule has 4 heteroatoms. The largest absolute Gasteiger partial charge is 0.345 e. The van der Waals surface area contributed by atoms with Crippen LogP contribution in [0.4, 0.5) is 5.13 Å². The van der Waals surface area contributed by atoms with Crippen LogP contribution in [-0.4, -0.2) is 24.1 Å². The van der Waals surface area contributed by atoms with Gasteiger partial charge in [0.25, 0.3) is 0 Å². The zero-order chi connectivity index (χ0) is 12.3. The number of hydrogen-bond acceptors (Lipinski definition) is 4. The van der Waals surface area contributed by atoms with Crippen LogP contribution in [0.3, 0.4) is 0 Å². The van der Waals surface area contributed by atoms with Gasteiger partial charge >= 0.3 is 0 Å². The monoisotopic (exact) mass is 253 g/mol. The van der Waals surface area contributed by atoms with Gasteiger partial charge in [-0.15, -0.1) is 11.3 Å². The Morgan fingerprint density at radius 3 is 3.00 bits per heavy atom. The lowest BCUT2D eigenvalue weighted by atomic mass is 10.1. The van der Waals surface area contributed by atoms with Gasteiger partial charge in [0.2, 0.25) is 0 Å². The molecule has 1 aliphatic heterocycles. The molecule has 0 aliphatic carbocycles. The molecule has 1 atom stereocenters. The number of aromatic nitrogens is 1. The summed E-state index contributed by atoms with van der Waals surface area (Å²) in [4.78, 5) is 8.61. The first kappa shape index (κ1) is 12.8. The summed E-state index contributed by atoms with van der Waals surface area (Å²) in [7, 11) is 0. The van der Waals surface area contributed by atoms with Crippen molar-refractivity contribution in [2.24, 2.45) is 0 Å². The Morgan fingerprint density at radius 2 is 2.29 bits per heavy atom. The van der Waals surface area contributed by atoms with Crippen LogP contribution in [0, 0.1) is 6.92 Å². The third-order valence-electron chi connectivity index (χ3n) is 3.47. The zero-order valence-electron chi connectivity index (χ0n) is 11.1. The molecule has 1 aromatic heterocycles. The minimum Gasteiger partial charge on any atom is -0.345 e. The first-order valence-electron chi connectivity index (χ1n) is 6.66. The highest BCUT2D eigenvalue weighted by Gasteiger charge is 2.22. The Balaban J connectivity index is 2.10. The first-order valence-corrected chi connectivity index (χ1v) is 7.47. The van der Waals surface area contributed by atoms with Gasteiger partial charge in [-0.25, -0.2) is 4.98 Å². The standard InChI is InChI=1S/C13H23N3S/c1-4-14-9-12-11(3)15-13(17-12)16-8-6-5-7-10(16)2/h10,14H,4-9H2,1-3H3. The lowest BCUT2D eigenvalue weighted by Crippen LogP contribution is -2.37. The summed E-state index contributed by atoms with van der Waals surface area (Å²) in [5, 5.41) is 4.61. The lowest BCUT2D eigenvalue weighted by molar-refractivity contribution is 0.484. The summed E-state index contributed by atoms with van der Waals surface area (Å²) >= 11 is 1.86. The maximum Gasteiger partial charge on any atom is 0.186 e. The fourth-order valence-electron chi connectivity index (χ4n) is 2.32. The maximum atomic E-state index is 4.74. The van der Waals surface area contributed by atoms with Crippen molar-refractivity contribution in [2.45, 2.75) is 52.6 Å². The maximum absolute atomic E-state index is 4.74. The van der Waals surface area contributed by atoms with Crippen molar-refractivity contribution in [3.05, 3.63) is 10.6 Å². The Kier molecular flexibility index (Phi) is 4.40. The molecule has 1 N–H and O–H groups in total. The normalized spacial score (nSPS) is 20.9. The SMILES string of the molecule is CCNCc1sc(N2CCCCC2C)nc1C. The molecule has 0 saturated carbocycles. The number of hydrogen-bond donors (Lipinski definition) is 1. The topological polar surface area (TPSA) is 28.2 Å². The molecule has 1 fully saturated rings. The van der Waals surface area contributed by atoms with E-state index in [1.807, 2.05) is 11.3 Å². The fraction of sp³-hybridized carbons (Fsp3) is 0.769. The minimum atomic E-state index is 0.654. The van der Waals surface area contributed by atoms with Crippen LogP contribution in [-0.2, 0) is 6.54 Å². The predicted octanol–water partition coefficient (Wildman–Crippen LogP) is 2.94. The van der Waals surface area contributed by atoms with Gasteiger partial charge in [-0.2, -0.15) is 0 Å². The smallest absolute Gasteiger partial charge is 0.186 e. The van der Waals surface area contributed by atoms with E-state index in [2.05, 4.69) is 31.0 Å². The van der Waals surface area contributed by atoms with E-state index in [1.54, 1.807) is 0 Å². The predicted molar refractivity (Wildman–Crippen MR) is 74.9 cm³/mol. The Labute approximate surface area is 108 Å². The summed E-state index contributed by atoms with van der Waals surface area (Å²) < 4.78 is 0. The van der Waals surface area contributed by atoms with Crippen LogP contribution in [0.5, 0.6) is 0 Å². The summed E-state index contributed by atoms with van der Waals surface area (Å²) in [6.07, 6.45) is 3.99. The second kappa shape index (κ2) is 5.83. The average molecular weight is 253 g/mol. The fourth-order valence-corrected chi connectivity index (χ4v) is 3.48. The zero-order valence-corrected chi connectivity index (χ0v) is 11.9. The molecular formula is C13H23N3S. The van der Waals surface area contributed by atoms with Crippen molar-refractivity contribution in [3.8, 4) is 0 Å². The van der Waals surface area contributed by atoms with E-state index >= 15 is 0 Å². The van der Waals surface area contributed by atoms with E-state index in [1.165, 1.54) is 41.5 Å². The Hall–Kier alpha value is -0.610. The van der Waals surface area contributed by atoms with Gasteiger partial charge in [-0.1, -0.05) is 6.92 Å². The van der Waals surface area contributed by atoms with E-state index < -0.39 is 0 Å². The van der Waals surface area contributed by atoms with E-state index in [0.717, 1.165) is 13.1 Å². The second-order valence-corrected chi connectivity index (χ2v) is 5.89. The Bertz CT molecular complexity index is 362. The first-order chi connectivity index (χ1) is 8.22. The molecule has 96 valence electrons. The van der Waals surface area contributed by atoms with Crippen molar-refractivity contribution >= 4 is 16.5 Å². The number of aryl methyl sites for hydroxylation is 1. The molecular weight excluding hydrogens is 230 g/mol. The molecule has 1 aromatic rings. The van der Waals surface area contributed by atoms with Crippen LogP contribution in [0.1, 0.15) is 43.7 Å². The Morgan fingerprint density at radius 1 is 1.47 bits per heavy atom. The quantitative estimate of drug-likeness (QED) is 0.894. The number of anilines is 1.